The molecule has 1 aromatic heterocycles. The molecule has 4 nitrogen and oxygen atoms in total. The molecule has 0 atom stereocenters. The Balaban J connectivity index is 1.65. The lowest BCUT2D eigenvalue weighted by Gasteiger charge is -2.14. The number of imidazole rings is 1. The van der Waals surface area contributed by atoms with Crippen molar-refractivity contribution in [3.8, 4) is 22.6 Å². The molecule has 156 valence electrons. The molecule has 4 aromatic rings. The molecule has 0 saturated heterocycles. The van der Waals surface area contributed by atoms with E-state index in [1.165, 1.54) is 55.0 Å². The number of carbonyl (C=O) groups is 1. The topological polar surface area (TPSA) is 44.1 Å². The van der Waals surface area contributed by atoms with Gasteiger partial charge in [-0.2, -0.15) is 0 Å². The van der Waals surface area contributed by atoms with Gasteiger partial charge in [0, 0.05) is 23.0 Å². The number of hydrogen-bond acceptors (Lipinski definition) is 3. The maximum absolute atomic E-state index is 13.1. The zero-order valence-electron chi connectivity index (χ0n) is 15.8. The molecule has 0 saturated carbocycles. The molecular formula is C23H14F4N2O2. The maximum Gasteiger partial charge on any atom is 0.573 e. The number of halogens is 4. The summed E-state index contributed by atoms with van der Waals surface area (Å²) >= 11 is 0. The molecule has 0 aliphatic carbocycles. The van der Waals surface area contributed by atoms with Gasteiger partial charge in [-0.3, -0.25) is 4.79 Å². The fraction of sp³-hybridized carbons (Fsp3) is 0.0435. The van der Waals surface area contributed by atoms with Crippen LogP contribution in [0, 0.1) is 5.82 Å². The van der Waals surface area contributed by atoms with Crippen LogP contribution in [-0.2, 0) is 0 Å². The van der Waals surface area contributed by atoms with Crippen molar-refractivity contribution in [3.63, 3.8) is 0 Å². The summed E-state index contributed by atoms with van der Waals surface area (Å²) in [6, 6.07) is 17.7. The van der Waals surface area contributed by atoms with Gasteiger partial charge in [0.05, 0.1) is 0 Å². The SMILES string of the molecule is O=C(c1ccc(F)cc1)c1cn(-c2cccc(-c3ccccc3OC(F)(F)F)c2)cn1. The number of aromatic nitrogens is 2. The summed E-state index contributed by atoms with van der Waals surface area (Å²) in [4.78, 5) is 16.7. The molecule has 0 unspecified atom stereocenters. The van der Waals surface area contributed by atoms with E-state index in [0.29, 0.717) is 16.8 Å². The molecule has 0 fully saturated rings. The smallest absolute Gasteiger partial charge is 0.405 e. The van der Waals surface area contributed by atoms with Crippen LogP contribution in [0.2, 0.25) is 0 Å². The van der Waals surface area contributed by atoms with Crippen LogP contribution in [0.4, 0.5) is 17.6 Å². The Morgan fingerprint density at radius 3 is 2.42 bits per heavy atom. The highest BCUT2D eigenvalue weighted by Gasteiger charge is 2.32. The van der Waals surface area contributed by atoms with Gasteiger partial charge in [0.25, 0.3) is 0 Å². The van der Waals surface area contributed by atoms with E-state index in [2.05, 4.69) is 9.72 Å². The second-order valence-electron chi connectivity index (χ2n) is 6.60. The van der Waals surface area contributed by atoms with Gasteiger partial charge in [-0.1, -0.05) is 30.3 Å². The monoisotopic (exact) mass is 426 g/mol. The third kappa shape index (κ3) is 4.63. The Bertz CT molecular complexity index is 1230. The second kappa shape index (κ2) is 8.06. The zero-order valence-corrected chi connectivity index (χ0v) is 15.8. The average Bonchev–Trinajstić information content (AvgIpc) is 3.23. The number of hydrogen-bond donors (Lipinski definition) is 0. The predicted octanol–water partition coefficient (Wildman–Crippen LogP) is 5.81. The van der Waals surface area contributed by atoms with Gasteiger partial charge in [0.2, 0.25) is 5.78 Å². The van der Waals surface area contributed by atoms with Crippen molar-refractivity contribution in [2.45, 2.75) is 6.36 Å². The van der Waals surface area contributed by atoms with E-state index in [4.69, 9.17) is 0 Å². The number of nitrogens with zero attached hydrogens (tertiary/aromatic N) is 2. The standard InChI is InChI=1S/C23H14F4N2O2/c24-17-10-8-15(9-11-17)22(30)20-13-29(14-28-20)18-5-3-4-16(12-18)19-6-1-2-7-21(19)31-23(25,26)27/h1-14H. The van der Waals surface area contributed by atoms with Crippen molar-refractivity contribution in [2.75, 3.05) is 0 Å². The molecule has 1 heterocycles. The van der Waals surface area contributed by atoms with Crippen LogP contribution >= 0.6 is 0 Å². The summed E-state index contributed by atoms with van der Waals surface area (Å²) in [6.45, 7) is 0. The third-order valence-electron chi connectivity index (χ3n) is 4.49. The van der Waals surface area contributed by atoms with E-state index in [9.17, 15) is 22.4 Å². The lowest BCUT2D eigenvalue weighted by Crippen LogP contribution is -2.17. The number of carbonyl (C=O) groups excluding carboxylic acids is 1. The van der Waals surface area contributed by atoms with Gasteiger partial charge in [0.15, 0.2) is 0 Å². The van der Waals surface area contributed by atoms with Gasteiger partial charge in [-0.05, 0) is 48.0 Å². The van der Waals surface area contributed by atoms with Gasteiger partial charge in [-0.15, -0.1) is 13.2 Å². The number of alkyl halides is 3. The summed E-state index contributed by atoms with van der Waals surface area (Å²) in [5, 5.41) is 0. The van der Waals surface area contributed by atoms with Gasteiger partial charge >= 0.3 is 6.36 Å². The quantitative estimate of drug-likeness (QED) is 0.299. The number of ether oxygens (including phenoxy) is 1. The molecule has 4 rings (SSSR count). The summed E-state index contributed by atoms with van der Waals surface area (Å²) in [7, 11) is 0. The van der Waals surface area contributed by atoms with E-state index in [1.807, 2.05) is 0 Å². The van der Waals surface area contributed by atoms with E-state index >= 15 is 0 Å². The first-order chi connectivity index (χ1) is 14.8. The summed E-state index contributed by atoms with van der Waals surface area (Å²) in [5.41, 5.74) is 1.79. The first kappa shape index (κ1) is 20.3. The van der Waals surface area contributed by atoms with Crippen LogP contribution in [0.3, 0.4) is 0 Å². The number of para-hydroxylation sites is 1. The van der Waals surface area contributed by atoms with E-state index < -0.39 is 12.2 Å². The van der Waals surface area contributed by atoms with Crippen molar-refractivity contribution in [3.05, 3.63) is 102 Å². The largest absolute Gasteiger partial charge is 0.573 e. The first-order valence-electron chi connectivity index (χ1n) is 9.10. The van der Waals surface area contributed by atoms with Crippen LogP contribution in [0.5, 0.6) is 5.75 Å². The summed E-state index contributed by atoms with van der Waals surface area (Å²) in [6.07, 6.45) is -1.88. The Labute approximate surface area is 174 Å². The van der Waals surface area contributed by atoms with Crippen molar-refractivity contribution in [1.29, 1.82) is 0 Å². The van der Waals surface area contributed by atoms with Crippen molar-refractivity contribution in [1.82, 2.24) is 9.55 Å². The second-order valence-corrected chi connectivity index (χ2v) is 6.60. The van der Waals surface area contributed by atoms with Crippen LogP contribution in [0.15, 0.2) is 85.3 Å². The Kier molecular flexibility index (Phi) is 5.29. The molecule has 0 bridgehead atoms. The molecule has 0 aliphatic rings. The minimum absolute atomic E-state index is 0.151. The zero-order chi connectivity index (χ0) is 22.0. The van der Waals surface area contributed by atoms with Crippen LogP contribution in [0.25, 0.3) is 16.8 Å². The molecule has 0 amide bonds. The highest BCUT2D eigenvalue weighted by Crippen LogP contribution is 2.34. The van der Waals surface area contributed by atoms with Crippen LogP contribution < -0.4 is 4.74 Å². The molecule has 3 aromatic carbocycles. The molecule has 0 radical (unpaired) electrons. The predicted molar refractivity (Wildman–Crippen MR) is 106 cm³/mol. The highest BCUT2D eigenvalue weighted by molar-refractivity contribution is 6.07. The lowest BCUT2D eigenvalue weighted by atomic mass is 10.0. The van der Waals surface area contributed by atoms with E-state index in [-0.39, 0.29) is 22.8 Å². The average molecular weight is 426 g/mol. The Hall–Kier alpha value is -3.94. The van der Waals surface area contributed by atoms with Crippen molar-refractivity contribution in [2.24, 2.45) is 0 Å². The third-order valence-corrected chi connectivity index (χ3v) is 4.49. The summed E-state index contributed by atoms with van der Waals surface area (Å²) < 4.78 is 57.0. The molecule has 8 heteroatoms. The fourth-order valence-corrected chi connectivity index (χ4v) is 3.08. The van der Waals surface area contributed by atoms with Crippen LogP contribution in [0.1, 0.15) is 16.1 Å². The number of ketones is 1. The minimum Gasteiger partial charge on any atom is -0.405 e. The molecular weight excluding hydrogens is 412 g/mol. The molecule has 31 heavy (non-hydrogen) atoms. The normalized spacial score (nSPS) is 11.4. The summed E-state index contributed by atoms with van der Waals surface area (Å²) in [5.74, 6) is -1.14. The van der Waals surface area contributed by atoms with Crippen molar-refractivity contribution < 1.29 is 27.1 Å². The van der Waals surface area contributed by atoms with Crippen molar-refractivity contribution >= 4 is 5.78 Å². The lowest BCUT2D eigenvalue weighted by molar-refractivity contribution is -0.274. The van der Waals surface area contributed by atoms with E-state index in [1.54, 1.807) is 34.9 Å². The maximum atomic E-state index is 13.1. The Morgan fingerprint density at radius 1 is 0.935 bits per heavy atom. The number of rotatable bonds is 5. The number of benzene rings is 3. The van der Waals surface area contributed by atoms with Crippen LogP contribution in [-0.4, -0.2) is 21.7 Å². The molecule has 0 N–H and O–H groups in total. The van der Waals surface area contributed by atoms with Gasteiger partial charge in [0.1, 0.15) is 23.6 Å². The van der Waals surface area contributed by atoms with Gasteiger partial charge < -0.3 is 9.30 Å². The fourth-order valence-electron chi connectivity index (χ4n) is 3.08. The minimum atomic E-state index is -4.81. The Morgan fingerprint density at radius 2 is 1.68 bits per heavy atom. The van der Waals surface area contributed by atoms with Gasteiger partial charge in [-0.25, -0.2) is 9.37 Å². The molecule has 0 aliphatic heterocycles. The molecule has 0 spiro atoms. The highest BCUT2D eigenvalue weighted by atomic mass is 19.4. The first-order valence-corrected chi connectivity index (χ1v) is 9.10. The van der Waals surface area contributed by atoms with E-state index in [0.717, 1.165) is 0 Å².